The highest BCUT2D eigenvalue weighted by Crippen LogP contribution is 2.21. The number of nitrogens with zero attached hydrogens (tertiary/aromatic N) is 2. The van der Waals surface area contributed by atoms with E-state index in [0.29, 0.717) is 5.02 Å². The lowest BCUT2D eigenvalue weighted by atomic mass is 10.2. The van der Waals surface area contributed by atoms with Crippen LogP contribution >= 0.6 is 23.2 Å². The molecule has 0 unspecified atom stereocenters. The Bertz CT molecular complexity index is 1270. The topological polar surface area (TPSA) is 78.8 Å². The molecule has 3 rings (SSSR count). The maximum Gasteiger partial charge on any atom is 0.255 e. The van der Waals surface area contributed by atoms with Crippen molar-refractivity contribution in [3.8, 4) is 0 Å². The molecule has 0 heterocycles. The van der Waals surface area contributed by atoms with E-state index in [2.05, 4.69) is 10.5 Å². The molecule has 1 N–H and O–H groups in total. The van der Waals surface area contributed by atoms with Crippen LogP contribution in [0, 0.1) is 11.6 Å². The Morgan fingerprint density at radius 2 is 1.64 bits per heavy atom. The molecule has 3 aromatic rings. The van der Waals surface area contributed by atoms with E-state index in [4.69, 9.17) is 23.2 Å². The zero-order chi connectivity index (χ0) is 24.0. The predicted molar refractivity (Wildman–Crippen MR) is 123 cm³/mol. The molecule has 0 saturated carbocycles. The summed E-state index contributed by atoms with van der Waals surface area (Å²) in [4.78, 5) is 12.3. The zero-order valence-electron chi connectivity index (χ0n) is 16.9. The minimum Gasteiger partial charge on any atom is -0.272 e. The van der Waals surface area contributed by atoms with Crippen molar-refractivity contribution in [2.45, 2.75) is 11.4 Å². The highest BCUT2D eigenvalue weighted by atomic mass is 35.5. The van der Waals surface area contributed by atoms with Gasteiger partial charge in [-0.1, -0.05) is 47.5 Å². The summed E-state index contributed by atoms with van der Waals surface area (Å²) in [6, 6.07) is 15.0. The zero-order valence-corrected chi connectivity index (χ0v) is 19.2. The van der Waals surface area contributed by atoms with Gasteiger partial charge in [0.05, 0.1) is 22.7 Å². The molecule has 1 amide bonds. The number of carbonyl (C=O) groups is 1. The van der Waals surface area contributed by atoms with E-state index < -0.39 is 40.7 Å². The average molecular weight is 512 g/mol. The summed E-state index contributed by atoms with van der Waals surface area (Å²) in [5.74, 6) is -2.10. The molecule has 0 radical (unpaired) electrons. The van der Waals surface area contributed by atoms with Gasteiger partial charge >= 0.3 is 0 Å². The highest BCUT2D eigenvalue weighted by Gasteiger charge is 2.27. The van der Waals surface area contributed by atoms with Crippen molar-refractivity contribution >= 4 is 45.3 Å². The Morgan fingerprint density at radius 1 is 0.970 bits per heavy atom. The van der Waals surface area contributed by atoms with Crippen LogP contribution in [0.1, 0.15) is 11.1 Å². The highest BCUT2D eigenvalue weighted by molar-refractivity contribution is 7.89. The fraction of sp³-hybridized carbons (Fsp3) is 0.0909. The van der Waals surface area contributed by atoms with Gasteiger partial charge in [-0.15, -0.1) is 0 Å². The second-order valence-electron chi connectivity index (χ2n) is 6.75. The Balaban J connectivity index is 1.83. The number of hydrogen-bond donors (Lipinski definition) is 1. The van der Waals surface area contributed by atoms with Crippen molar-refractivity contribution in [3.05, 3.63) is 99.5 Å². The van der Waals surface area contributed by atoms with Gasteiger partial charge in [0.1, 0.15) is 11.6 Å². The van der Waals surface area contributed by atoms with Crippen molar-refractivity contribution in [1.29, 1.82) is 0 Å². The maximum absolute atomic E-state index is 14.2. The van der Waals surface area contributed by atoms with Crippen LogP contribution in [0.3, 0.4) is 0 Å². The molecule has 0 aliphatic carbocycles. The van der Waals surface area contributed by atoms with E-state index in [1.54, 1.807) is 6.07 Å². The van der Waals surface area contributed by atoms with E-state index in [-0.39, 0.29) is 21.0 Å². The number of amides is 1. The molecule has 0 bridgehead atoms. The molecule has 6 nitrogen and oxygen atoms in total. The molecule has 172 valence electrons. The SMILES string of the molecule is O=C(CN(Cc1ccccc1F)S(=O)(=O)c1ccc(Cl)cc1)N/N=C\c1c(F)cccc1Cl. The standard InChI is InChI=1S/C22H17Cl2F2N3O3S/c23-16-8-10-17(11-9-16)33(31,32)29(13-15-4-1-2-6-20(15)25)14-22(30)28-27-12-18-19(24)5-3-7-21(18)26/h1-12H,13-14H2,(H,28,30)/b27-12-. The van der Waals surface area contributed by atoms with E-state index in [0.717, 1.165) is 10.5 Å². The normalized spacial score (nSPS) is 11.8. The number of hydrogen-bond acceptors (Lipinski definition) is 4. The summed E-state index contributed by atoms with van der Waals surface area (Å²) in [5.41, 5.74) is 2.16. The van der Waals surface area contributed by atoms with Gasteiger partial charge in [0.15, 0.2) is 0 Å². The maximum atomic E-state index is 14.2. The third-order valence-electron chi connectivity index (χ3n) is 4.46. The van der Waals surface area contributed by atoms with E-state index in [1.165, 1.54) is 60.7 Å². The van der Waals surface area contributed by atoms with Gasteiger partial charge < -0.3 is 0 Å². The Hall–Kier alpha value is -2.85. The van der Waals surface area contributed by atoms with Gasteiger partial charge in [0.25, 0.3) is 5.91 Å². The minimum absolute atomic E-state index is 0.0449. The van der Waals surface area contributed by atoms with E-state index >= 15 is 0 Å². The molecule has 0 fully saturated rings. The molecule has 0 aliphatic rings. The van der Waals surface area contributed by atoms with E-state index in [1.807, 2.05) is 0 Å². The lowest BCUT2D eigenvalue weighted by Gasteiger charge is -2.21. The molecule has 3 aromatic carbocycles. The van der Waals surface area contributed by atoms with Gasteiger partial charge in [0, 0.05) is 22.7 Å². The van der Waals surface area contributed by atoms with Crippen LogP contribution in [0.25, 0.3) is 0 Å². The number of halogens is 4. The van der Waals surface area contributed by atoms with Gasteiger partial charge in [-0.05, 0) is 42.5 Å². The smallest absolute Gasteiger partial charge is 0.255 e. The molecule has 0 atom stereocenters. The second-order valence-corrected chi connectivity index (χ2v) is 9.53. The van der Waals surface area contributed by atoms with Crippen molar-refractivity contribution in [1.82, 2.24) is 9.73 Å². The van der Waals surface area contributed by atoms with Crippen molar-refractivity contribution in [3.63, 3.8) is 0 Å². The third kappa shape index (κ3) is 6.35. The molecular formula is C22H17Cl2F2N3O3S. The Morgan fingerprint density at radius 3 is 2.30 bits per heavy atom. The molecule has 11 heteroatoms. The first-order valence-electron chi connectivity index (χ1n) is 9.43. The molecule has 33 heavy (non-hydrogen) atoms. The first kappa shape index (κ1) is 24.8. The van der Waals surface area contributed by atoms with E-state index in [9.17, 15) is 22.0 Å². The number of carbonyl (C=O) groups excluding carboxylic acids is 1. The van der Waals surface area contributed by atoms with Crippen LogP contribution in [0.4, 0.5) is 8.78 Å². The molecular weight excluding hydrogens is 495 g/mol. The molecule has 0 saturated heterocycles. The molecule has 0 aliphatic heterocycles. The summed E-state index contributed by atoms with van der Waals surface area (Å²) in [6.45, 7) is -1.09. The van der Waals surface area contributed by atoms with Crippen LogP contribution in [-0.2, 0) is 21.4 Å². The summed E-state index contributed by atoms with van der Waals surface area (Å²) in [6.07, 6.45) is 1.00. The van der Waals surface area contributed by atoms with Crippen LogP contribution in [0.2, 0.25) is 10.0 Å². The summed E-state index contributed by atoms with van der Waals surface area (Å²) in [7, 11) is -4.20. The number of rotatable bonds is 8. The monoisotopic (exact) mass is 511 g/mol. The van der Waals surface area contributed by atoms with Crippen LogP contribution in [-0.4, -0.2) is 31.4 Å². The number of hydrazone groups is 1. The largest absolute Gasteiger partial charge is 0.272 e. The van der Waals surface area contributed by atoms with Crippen molar-refractivity contribution in [2.24, 2.45) is 5.10 Å². The van der Waals surface area contributed by atoms with Crippen molar-refractivity contribution < 1.29 is 22.0 Å². The number of sulfonamides is 1. The fourth-order valence-corrected chi connectivity index (χ4v) is 4.51. The first-order chi connectivity index (χ1) is 15.7. The first-order valence-corrected chi connectivity index (χ1v) is 11.6. The van der Waals surface area contributed by atoms with Crippen LogP contribution in [0.15, 0.2) is 76.7 Å². The lowest BCUT2D eigenvalue weighted by Crippen LogP contribution is -2.39. The summed E-state index contributed by atoms with van der Waals surface area (Å²) >= 11 is 11.7. The Labute approximate surface area is 199 Å². The second kappa shape index (κ2) is 10.8. The molecule has 0 spiro atoms. The summed E-state index contributed by atoms with van der Waals surface area (Å²) < 4.78 is 55.1. The summed E-state index contributed by atoms with van der Waals surface area (Å²) in [5, 5.41) is 4.06. The van der Waals surface area contributed by atoms with Gasteiger partial charge in [-0.3, -0.25) is 4.79 Å². The third-order valence-corrected chi connectivity index (χ3v) is 6.85. The molecule has 0 aromatic heterocycles. The van der Waals surface area contributed by atoms with Gasteiger partial charge in [-0.2, -0.15) is 9.41 Å². The van der Waals surface area contributed by atoms with Gasteiger partial charge in [-0.25, -0.2) is 22.6 Å². The van der Waals surface area contributed by atoms with Crippen molar-refractivity contribution in [2.75, 3.05) is 6.54 Å². The average Bonchev–Trinajstić information content (AvgIpc) is 2.77. The number of benzene rings is 3. The Kier molecular flexibility index (Phi) is 8.15. The van der Waals surface area contributed by atoms with Gasteiger partial charge in [0.2, 0.25) is 10.0 Å². The quantitative estimate of drug-likeness (QED) is 0.354. The predicted octanol–water partition coefficient (Wildman–Crippen LogP) is 4.61. The van der Waals surface area contributed by atoms with Crippen LogP contribution < -0.4 is 5.43 Å². The minimum atomic E-state index is -4.20. The van der Waals surface area contributed by atoms with Crippen LogP contribution in [0.5, 0.6) is 0 Å². The number of nitrogens with one attached hydrogen (secondary N) is 1. The lowest BCUT2D eigenvalue weighted by molar-refractivity contribution is -0.121. The fourth-order valence-electron chi connectivity index (χ4n) is 2.80.